The van der Waals surface area contributed by atoms with Crippen molar-refractivity contribution < 1.29 is 20.1 Å². The Morgan fingerprint density at radius 1 is 1.08 bits per heavy atom. The summed E-state index contributed by atoms with van der Waals surface area (Å²) in [6, 6.07) is 9.88. The summed E-state index contributed by atoms with van der Waals surface area (Å²) in [6.45, 7) is 0.188. The molecule has 0 amide bonds. The van der Waals surface area contributed by atoms with Gasteiger partial charge < -0.3 is 25.4 Å². The molecule has 136 valence electrons. The molecule has 3 aromatic rings. The van der Waals surface area contributed by atoms with Gasteiger partial charge in [-0.3, -0.25) is 4.57 Å². The Hall–Kier alpha value is -2.59. The Balaban J connectivity index is 1.61. The molecule has 3 heterocycles. The molecule has 0 bridgehead atoms. The highest BCUT2D eigenvalue weighted by Gasteiger charge is 2.44. The van der Waals surface area contributed by atoms with Crippen molar-refractivity contribution in [3.63, 3.8) is 0 Å². The first-order valence-electron chi connectivity index (χ1n) is 8.27. The van der Waals surface area contributed by atoms with Crippen LogP contribution in [0.4, 0.5) is 5.82 Å². The van der Waals surface area contributed by atoms with Crippen molar-refractivity contribution in [2.75, 3.05) is 11.9 Å². The number of hydrogen-bond donors (Lipinski definition) is 4. The van der Waals surface area contributed by atoms with Crippen molar-refractivity contribution >= 4 is 17.0 Å². The van der Waals surface area contributed by atoms with Crippen molar-refractivity contribution in [3.05, 3.63) is 48.5 Å². The summed E-state index contributed by atoms with van der Waals surface area (Å²) in [5, 5.41) is 32.6. The van der Waals surface area contributed by atoms with Crippen LogP contribution in [-0.2, 0) is 11.3 Å². The highest BCUT2D eigenvalue weighted by Crippen LogP contribution is 2.32. The smallest absolute Gasteiger partial charge is 0.167 e. The first kappa shape index (κ1) is 16.9. The minimum atomic E-state index is -1.19. The number of hydrogen-bond acceptors (Lipinski definition) is 8. The molecule has 9 nitrogen and oxygen atoms in total. The fraction of sp³-hybridized carbons (Fsp3) is 0.353. The highest BCUT2D eigenvalue weighted by molar-refractivity contribution is 5.82. The molecule has 4 rings (SSSR count). The average molecular weight is 357 g/mol. The second kappa shape index (κ2) is 6.96. The van der Waals surface area contributed by atoms with Crippen LogP contribution < -0.4 is 5.32 Å². The molecule has 26 heavy (non-hydrogen) atoms. The number of aliphatic hydroxyl groups excluding tert-OH is 3. The Morgan fingerprint density at radius 3 is 2.62 bits per heavy atom. The number of aliphatic hydroxyl groups is 3. The summed E-state index contributed by atoms with van der Waals surface area (Å²) in [4.78, 5) is 12.8. The number of benzene rings is 1. The van der Waals surface area contributed by atoms with Crippen LogP contribution in [0.5, 0.6) is 0 Å². The average Bonchev–Trinajstić information content (AvgIpc) is 3.23. The Labute approximate surface area is 148 Å². The van der Waals surface area contributed by atoms with Gasteiger partial charge in [0.1, 0.15) is 24.6 Å². The Kier molecular flexibility index (Phi) is 4.51. The van der Waals surface area contributed by atoms with E-state index in [0.29, 0.717) is 23.5 Å². The van der Waals surface area contributed by atoms with Gasteiger partial charge >= 0.3 is 0 Å². The third-order valence-electron chi connectivity index (χ3n) is 4.45. The molecular formula is C17H19N5O4. The molecule has 1 fully saturated rings. The molecule has 1 saturated heterocycles. The number of aromatic nitrogens is 4. The molecule has 0 aliphatic carbocycles. The fourth-order valence-electron chi connectivity index (χ4n) is 3.06. The maximum atomic E-state index is 10.2. The topological polar surface area (TPSA) is 126 Å². The monoisotopic (exact) mass is 357 g/mol. The maximum absolute atomic E-state index is 10.2. The third kappa shape index (κ3) is 2.90. The molecule has 1 unspecified atom stereocenters. The van der Waals surface area contributed by atoms with Gasteiger partial charge in [0.25, 0.3) is 0 Å². The van der Waals surface area contributed by atoms with E-state index >= 15 is 0 Å². The standard InChI is InChI=1S/C17H19N5O4/c23-7-11-13(24)14(25)17(26-11)22-9-21-12-15(19-8-20-16(12)22)18-6-10-4-2-1-3-5-10/h1-5,8-9,11,13-14,17,23-25H,6-7H2,(H,18,19,20)/t11-,13-,14?,17-/m1/s1. The summed E-state index contributed by atoms with van der Waals surface area (Å²) >= 11 is 0. The molecule has 1 aromatic carbocycles. The predicted octanol–water partition coefficient (Wildman–Crippen LogP) is 0.0499. The van der Waals surface area contributed by atoms with Crippen LogP contribution >= 0.6 is 0 Å². The molecule has 0 spiro atoms. The first-order valence-corrected chi connectivity index (χ1v) is 8.27. The minimum Gasteiger partial charge on any atom is -0.394 e. The van der Waals surface area contributed by atoms with Crippen LogP contribution in [0.2, 0.25) is 0 Å². The highest BCUT2D eigenvalue weighted by atomic mass is 16.6. The van der Waals surface area contributed by atoms with Gasteiger partial charge in [0.2, 0.25) is 0 Å². The van der Waals surface area contributed by atoms with Gasteiger partial charge in [-0.2, -0.15) is 0 Å². The maximum Gasteiger partial charge on any atom is 0.167 e. The van der Waals surface area contributed by atoms with Gasteiger partial charge in [0.15, 0.2) is 23.2 Å². The van der Waals surface area contributed by atoms with E-state index in [4.69, 9.17) is 4.74 Å². The van der Waals surface area contributed by atoms with Gasteiger partial charge in [-0.05, 0) is 5.56 Å². The normalized spacial score (nSPS) is 25.7. The van der Waals surface area contributed by atoms with Gasteiger partial charge in [0, 0.05) is 6.54 Å². The van der Waals surface area contributed by atoms with Crippen molar-refractivity contribution in [2.45, 2.75) is 31.1 Å². The summed E-state index contributed by atoms with van der Waals surface area (Å²) in [6.07, 6.45) is -1.24. The molecule has 0 saturated carbocycles. The largest absolute Gasteiger partial charge is 0.394 e. The van der Waals surface area contributed by atoms with Crippen LogP contribution in [0.3, 0.4) is 0 Å². The molecule has 2 aromatic heterocycles. The summed E-state index contributed by atoms with van der Waals surface area (Å²) in [7, 11) is 0. The Bertz CT molecular complexity index is 887. The predicted molar refractivity (Wildman–Crippen MR) is 92.1 cm³/mol. The zero-order valence-electron chi connectivity index (χ0n) is 13.8. The van der Waals surface area contributed by atoms with Gasteiger partial charge in [-0.25, -0.2) is 15.0 Å². The zero-order valence-corrected chi connectivity index (χ0v) is 13.8. The van der Waals surface area contributed by atoms with Gasteiger partial charge in [0.05, 0.1) is 12.9 Å². The van der Waals surface area contributed by atoms with Crippen LogP contribution in [0, 0.1) is 0 Å². The molecular weight excluding hydrogens is 338 g/mol. The zero-order chi connectivity index (χ0) is 18.1. The molecule has 1 aliphatic heterocycles. The molecule has 4 atom stereocenters. The SMILES string of the molecule is OC[C@H]1O[C@@H](n2cnc3c(NCc4ccccc4)ncnc32)C(O)[C@@H]1O. The van der Waals surface area contributed by atoms with E-state index in [9.17, 15) is 15.3 Å². The quantitative estimate of drug-likeness (QED) is 0.505. The molecule has 9 heteroatoms. The van der Waals surface area contributed by atoms with Gasteiger partial charge in [-0.1, -0.05) is 30.3 Å². The lowest BCUT2D eigenvalue weighted by Gasteiger charge is -2.16. The van der Waals surface area contributed by atoms with E-state index in [0.717, 1.165) is 5.56 Å². The minimum absolute atomic E-state index is 0.389. The molecule has 1 aliphatic rings. The summed E-state index contributed by atoms with van der Waals surface area (Å²) in [5.41, 5.74) is 2.09. The lowest BCUT2D eigenvalue weighted by atomic mass is 10.1. The number of anilines is 1. The lowest BCUT2D eigenvalue weighted by Crippen LogP contribution is -2.33. The van der Waals surface area contributed by atoms with Crippen LogP contribution in [0.15, 0.2) is 43.0 Å². The van der Waals surface area contributed by atoms with E-state index < -0.39 is 24.5 Å². The number of nitrogens with one attached hydrogen (secondary N) is 1. The van der Waals surface area contributed by atoms with Crippen molar-refractivity contribution in [1.29, 1.82) is 0 Å². The number of nitrogens with zero attached hydrogens (tertiary/aromatic N) is 4. The fourth-order valence-corrected chi connectivity index (χ4v) is 3.06. The van der Waals surface area contributed by atoms with Crippen LogP contribution in [-0.4, -0.2) is 59.8 Å². The lowest BCUT2D eigenvalue weighted by molar-refractivity contribution is -0.0511. The summed E-state index contributed by atoms with van der Waals surface area (Å²) in [5.74, 6) is 0.560. The van der Waals surface area contributed by atoms with E-state index in [-0.39, 0.29) is 6.61 Å². The van der Waals surface area contributed by atoms with E-state index in [1.807, 2.05) is 30.3 Å². The van der Waals surface area contributed by atoms with E-state index in [2.05, 4.69) is 20.3 Å². The van der Waals surface area contributed by atoms with Crippen LogP contribution in [0.1, 0.15) is 11.8 Å². The van der Waals surface area contributed by atoms with E-state index in [1.165, 1.54) is 17.2 Å². The van der Waals surface area contributed by atoms with Crippen LogP contribution in [0.25, 0.3) is 11.2 Å². The second-order valence-corrected chi connectivity index (χ2v) is 6.11. The Morgan fingerprint density at radius 2 is 1.88 bits per heavy atom. The van der Waals surface area contributed by atoms with Gasteiger partial charge in [-0.15, -0.1) is 0 Å². The number of ether oxygens (including phenoxy) is 1. The van der Waals surface area contributed by atoms with Crippen molar-refractivity contribution in [3.8, 4) is 0 Å². The second-order valence-electron chi connectivity index (χ2n) is 6.11. The van der Waals surface area contributed by atoms with E-state index in [1.54, 1.807) is 0 Å². The molecule has 4 N–H and O–H groups in total. The number of fused-ring (bicyclic) bond motifs is 1. The first-order chi connectivity index (χ1) is 12.7. The van der Waals surface area contributed by atoms with Crippen molar-refractivity contribution in [1.82, 2.24) is 19.5 Å². The summed E-state index contributed by atoms with van der Waals surface area (Å²) < 4.78 is 7.08. The number of rotatable bonds is 5. The number of imidazole rings is 1. The third-order valence-corrected chi connectivity index (χ3v) is 4.45. The van der Waals surface area contributed by atoms with Crippen molar-refractivity contribution in [2.24, 2.45) is 0 Å². The molecule has 0 radical (unpaired) electrons.